The molecule has 1 atom stereocenters. The molecule has 0 bridgehead atoms. The molecule has 1 amide bonds. The van der Waals surface area contributed by atoms with Crippen LogP contribution in [0.15, 0.2) is 47.1 Å². The van der Waals surface area contributed by atoms with Crippen molar-refractivity contribution in [1.29, 1.82) is 0 Å². The lowest BCUT2D eigenvalue weighted by molar-refractivity contribution is 0.155. The van der Waals surface area contributed by atoms with E-state index in [9.17, 15) is 4.79 Å². The number of amides is 1. The van der Waals surface area contributed by atoms with E-state index in [1.807, 2.05) is 36.4 Å². The van der Waals surface area contributed by atoms with Crippen molar-refractivity contribution in [3.8, 4) is 11.5 Å². The van der Waals surface area contributed by atoms with Crippen LogP contribution in [0, 0.1) is 0 Å². The van der Waals surface area contributed by atoms with Gasteiger partial charge < -0.3 is 20.1 Å². The van der Waals surface area contributed by atoms with Gasteiger partial charge in [0.05, 0.1) is 0 Å². The largest absolute Gasteiger partial charge is 0.465 e. The van der Waals surface area contributed by atoms with E-state index < -0.39 is 6.09 Å². The first-order chi connectivity index (χ1) is 13.6. The van der Waals surface area contributed by atoms with E-state index in [2.05, 4.69) is 35.6 Å². The molecule has 3 aromatic rings. The SMILES string of the molecule is O=C(O)N1CCC(c2nsc(Nc3ncc(Br)cc3Oc3ccccc3)n2)C1. The molecule has 2 aromatic heterocycles. The number of hydrogen-bond donors (Lipinski definition) is 2. The average Bonchev–Trinajstić information content (AvgIpc) is 3.34. The second kappa shape index (κ2) is 8.11. The van der Waals surface area contributed by atoms with Crippen molar-refractivity contribution in [3.63, 3.8) is 0 Å². The molecule has 1 aliphatic heterocycles. The minimum absolute atomic E-state index is 0.0146. The number of likely N-dealkylation sites (tertiary alicyclic amines) is 1. The van der Waals surface area contributed by atoms with Gasteiger partial charge in [0, 0.05) is 47.3 Å². The number of carbonyl (C=O) groups is 1. The van der Waals surface area contributed by atoms with Gasteiger partial charge in [-0.05, 0) is 34.5 Å². The highest BCUT2D eigenvalue weighted by Gasteiger charge is 2.29. The first kappa shape index (κ1) is 18.6. The quantitative estimate of drug-likeness (QED) is 0.567. The van der Waals surface area contributed by atoms with E-state index in [0.29, 0.717) is 41.4 Å². The Kier molecular flexibility index (Phi) is 5.40. The summed E-state index contributed by atoms with van der Waals surface area (Å²) >= 11 is 4.63. The fourth-order valence-corrected chi connectivity index (χ4v) is 3.86. The number of rotatable bonds is 5. The van der Waals surface area contributed by atoms with Gasteiger partial charge in [-0.3, -0.25) is 0 Å². The maximum absolute atomic E-state index is 11.1. The number of nitrogens with one attached hydrogen (secondary N) is 1. The van der Waals surface area contributed by atoms with Crippen LogP contribution in [0.4, 0.5) is 15.7 Å². The van der Waals surface area contributed by atoms with Crippen molar-refractivity contribution in [2.24, 2.45) is 0 Å². The van der Waals surface area contributed by atoms with Crippen molar-refractivity contribution in [3.05, 3.63) is 52.9 Å². The van der Waals surface area contributed by atoms with Crippen molar-refractivity contribution < 1.29 is 14.6 Å². The number of benzene rings is 1. The van der Waals surface area contributed by atoms with Gasteiger partial charge in [-0.2, -0.15) is 4.37 Å². The highest BCUT2D eigenvalue weighted by atomic mass is 79.9. The molecule has 28 heavy (non-hydrogen) atoms. The summed E-state index contributed by atoms with van der Waals surface area (Å²) in [5, 5.41) is 12.8. The molecule has 1 aromatic carbocycles. The fourth-order valence-electron chi connectivity index (χ4n) is 2.91. The summed E-state index contributed by atoms with van der Waals surface area (Å²) in [6.07, 6.45) is 1.49. The highest BCUT2D eigenvalue weighted by molar-refractivity contribution is 9.10. The monoisotopic (exact) mass is 461 g/mol. The predicted molar refractivity (Wildman–Crippen MR) is 109 cm³/mol. The molecule has 0 aliphatic carbocycles. The standard InChI is InChI=1S/C18H16BrN5O3S/c19-12-8-14(27-13-4-2-1-3-5-13)16(20-9-12)22-17-21-15(23-28-17)11-6-7-24(10-11)18(25)26/h1-5,8-9,11H,6-7,10H2,(H,25,26)(H,20,21,22,23). The molecule has 1 saturated heterocycles. The number of anilines is 2. The van der Waals surface area contributed by atoms with Crippen LogP contribution in [0.5, 0.6) is 11.5 Å². The second-order valence-electron chi connectivity index (χ2n) is 6.21. The third-order valence-electron chi connectivity index (χ3n) is 4.28. The van der Waals surface area contributed by atoms with Crippen molar-refractivity contribution in [2.45, 2.75) is 12.3 Å². The van der Waals surface area contributed by atoms with E-state index in [1.54, 1.807) is 6.20 Å². The van der Waals surface area contributed by atoms with Crippen LogP contribution in [0.1, 0.15) is 18.2 Å². The first-order valence-electron chi connectivity index (χ1n) is 8.55. The van der Waals surface area contributed by atoms with Gasteiger partial charge in [0.25, 0.3) is 0 Å². The minimum Gasteiger partial charge on any atom is -0.465 e. The maximum atomic E-state index is 11.1. The Balaban J connectivity index is 1.51. The lowest BCUT2D eigenvalue weighted by atomic mass is 10.1. The van der Waals surface area contributed by atoms with Gasteiger partial charge in [-0.15, -0.1) is 0 Å². The zero-order valence-corrected chi connectivity index (χ0v) is 17.0. The Bertz CT molecular complexity index is 984. The molecule has 1 fully saturated rings. The molecule has 1 unspecified atom stereocenters. The minimum atomic E-state index is -0.905. The zero-order chi connectivity index (χ0) is 19.5. The molecule has 4 rings (SSSR count). The normalized spacial score (nSPS) is 16.2. The molecular formula is C18H16BrN5O3S. The van der Waals surface area contributed by atoms with E-state index in [-0.39, 0.29) is 5.92 Å². The van der Waals surface area contributed by atoms with Crippen LogP contribution in [0.2, 0.25) is 0 Å². The molecule has 3 heterocycles. The summed E-state index contributed by atoms with van der Waals surface area (Å²) in [6, 6.07) is 11.3. The third kappa shape index (κ3) is 4.23. The number of carboxylic acid groups (broad SMARTS) is 1. The van der Waals surface area contributed by atoms with Crippen LogP contribution in [0.3, 0.4) is 0 Å². The Morgan fingerprint density at radius 2 is 2.18 bits per heavy atom. The Morgan fingerprint density at radius 1 is 1.36 bits per heavy atom. The summed E-state index contributed by atoms with van der Waals surface area (Å²) in [5.41, 5.74) is 0. The van der Waals surface area contributed by atoms with Crippen LogP contribution < -0.4 is 10.1 Å². The summed E-state index contributed by atoms with van der Waals surface area (Å²) in [4.78, 5) is 21.4. The fraction of sp³-hybridized carbons (Fsp3) is 0.222. The molecule has 1 aliphatic rings. The highest BCUT2D eigenvalue weighted by Crippen LogP contribution is 2.34. The predicted octanol–water partition coefficient (Wildman–Crippen LogP) is 4.70. The lowest BCUT2D eigenvalue weighted by Gasteiger charge is -2.11. The van der Waals surface area contributed by atoms with Crippen LogP contribution in [-0.2, 0) is 0 Å². The molecule has 10 heteroatoms. The molecule has 0 saturated carbocycles. The number of halogens is 1. The van der Waals surface area contributed by atoms with Gasteiger partial charge in [-0.1, -0.05) is 18.2 Å². The lowest BCUT2D eigenvalue weighted by Crippen LogP contribution is -2.26. The summed E-state index contributed by atoms with van der Waals surface area (Å²) in [5.74, 6) is 2.44. The van der Waals surface area contributed by atoms with E-state index in [1.165, 1.54) is 16.4 Å². The molecule has 8 nitrogen and oxygen atoms in total. The zero-order valence-electron chi connectivity index (χ0n) is 14.6. The number of aromatic nitrogens is 3. The first-order valence-corrected chi connectivity index (χ1v) is 10.1. The van der Waals surface area contributed by atoms with Gasteiger partial charge in [0.1, 0.15) is 11.6 Å². The van der Waals surface area contributed by atoms with Crippen molar-refractivity contribution >= 4 is 44.5 Å². The Morgan fingerprint density at radius 3 is 2.93 bits per heavy atom. The molecule has 2 N–H and O–H groups in total. The van der Waals surface area contributed by atoms with Crippen LogP contribution in [-0.4, -0.2) is 43.5 Å². The number of nitrogens with zero attached hydrogens (tertiary/aromatic N) is 4. The third-order valence-corrected chi connectivity index (χ3v) is 5.36. The Hall–Kier alpha value is -2.72. The van der Waals surface area contributed by atoms with Gasteiger partial charge in [-0.25, -0.2) is 14.8 Å². The number of pyridine rings is 1. The van der Waals surface area contributed by atoms with E-state index in [4.69, 9.17) is 9.84 Å². The average molecular weight is 462 g/mol. The number of hydrogen-bond acceptors (Lipinski definition) is 7. The van der Waals surface area contributed by atoms with Crippen molar-refractivity contribution in [1.82, 2.24) is 19.2 Å². The van der Waals surface area contributed by atoms with Gasteiger partial charge in [0.15, 0.2) is 11.6 Å². The summed E-state index contributed by atoms with van der Waals surface area (Å²) in [6.45, 7) is 0.926. The van der Waals surface area contributed by atoms with Gasteiger partial charge in [0.2, 0.25) is 5.13 Å². The topological polar surface area (TPSA) is 100 Å². The van der Waals surface area contributed by atoms with Crippen LogP contribution >= 0.6 is 27.5 Å². The maximum Gasteiger partial charge on any atom is 0.407 e. The van der Waals surface area contributed by atoms with Gasteiger partial charge >= 0.3 is 6.09 Å². The number of para-hydroxylation sites is 1. The van der Waals surface area contributed by atoms with Crippen LogP contribution in [0.25, 0.3) is 0 Å². The van der Waals surface area contributed by atoms with E-state index >= 15 is 0 Å². The molecule has 0 radical (unpaired) electrons. The number of ether oxygens (including phenoxy) is 1. The molecule has 0 spiro atoms. The Labute approximate surface area is 173 Å². The summed E-state index contributed by atoms with van der Waals surface area (Å²) < 4.78 is 11.1. The van der Waals surface area contributed by atoms with Crippen molar-refractivity contribution in [2.75, 3.05) is 18.4 Å². The second-order valence-corrected chi connectivity index (χ2v) is 7.88. The van der Waals surface area contributed by atoms with E-state index in [0.717, 1.165) is 10.9 Å². The smallest absolute Gasteiger partial charge is 0.407 e. The molecule has 144 valence electrons. The summed E-state index contributed by atoms with van der Waals surface area (Å²) in [7, 11) is 0. The molecular weight excluding hydrogens is 446 g/mol.